The standard InChI is InChI=1S/C25H14Cl2FN3O3/c1-13-18-4-2-3-5-20(18)33-23(13)25-31-30-21(34-25)10-15-6-7-19(27)24(22(15)28)32-17-9-14(12-29)8-16(26)11-17/h2-9,11H,10H2,1H3. The van der Waals surface area contributed by atoms with Crippen LogP contribution in [0.25, 0.3) is 22.6 Å². The number of furan rings is 1. The van der Waals surface area contributed by atoms with Gasteiger partial charge in [-0.25, -0.2) is 4.39 Å². The van der Waals surface area contributed by atoms with Gasteiger partial charge in [0.15, 0.2) is 17.3 Å². The zero-order valence-electron chi connectivity index (χ0n) is 17.6. The van der Waals surface area contributed by atoms with Gasteiger partial charge in [-0.2, -0.15) is 5.26 Å². The number of aryl methyl sites for hydroxylation is 1. The summed E-state index contributed by atoms with van der Waals surface area (Å²) < 4.78 is 32.6. The molecule has 0 atom stereocenters. The van der Waals surface area contributed by atoms with Crippen LogP contribution in [0.3, 0.4) is 0 Å². The molecule has 0 aliphatic carbocycles. The van der Waals surface area contributed by atoms with Crippen molar-refractivity contribution in [3.63, 3.8) is 0 Å². The highest BCUT2D eigenvalue weighted by atomic mass is 35.5. The van der Waals surface area contributed by atoms with Crippen LogP contribution in [0.5, 0.6) is 11.5 Å². The molecule has 0 aliphatic heterocycles. The molecular formula is C25H14Cl2FN3O3. The number of hydrogen-bond acceptors (Lipinski definition) is 6. The van der Waals surface area contributed by atoms with E-state index in [-0.39, 0.29) is 50.9 Å². The quantitative estimate of drug-likeness (QED) is 0.252. The molecule has 2 aromatic heterocycles. The number of nitriles is 1. The van der Waals surface area contributed by atoms with Crippen LogP contribution in [0.2, 0.25) is 10.0 Å². The SMILES string of the molecule is Cc1c(-c2nnc(Cc3ccc(Cl)c(Oc4cc(Cl)cc(C#N)c4)c3F)o2)oc2ccccc12. The third-order valence-corrected chi connectivity index (χ3v) is 5.71. The van der Waals surface area contributed by atoms with Gasteiger partial charge in [0.2, 0.25) is 5.89 Å². The fourth-order valence-electron chi connectivity index (χ4n) is 3.57. The average Bonchev–Trinajstić information content (AvgIpc) is 3.42. The third kappa shape index (κ3) is 4.10. The topological polar surface area (TPSA) is 85.1 Å². The fourth-order valence-corrected chi connectivity index (χ4v) is 3.98. The lowest BCUT2D eigenvalue weighted by molar-refractivity contribution is 0.436. The molecule has 0 saturated heterocycles. The highest BCUT2D eigenvalue weighted by Crippen LogP contribution is 2.36. The van der Waals surface area contributed by atoms with Crippen LogP contribution >= 0.6 is 23.2 Å². The lowest BCUT2D eigenvalue weighted by Crippen LogP contribution is -1.98. The van der Waals surface area contributed by atoms with Crippen LogP contribution in [-0.2, 0) is 6.42 Å². The monoisotopic (exact) mass is 493 g/mol. The number of fused-ring (bicyclic) bond motifs is 1. The number of para-hydroxylation sites is 1. The van der Waals surface area contributed by atoms with Crippen LogP contribution in [0, 0.1) is 24.1 Å². The van der Waals surface area contributed by atoms with Gasteiger partial charge in [0.1, 0.15) is 11.3 Å². The molecule has 2 heterocycles. The minimum atomic E-state index is -0.689. The summed E-state index contributed by atoms with van der Waals surface area (Å²) in [7, 11) is 0. The van der Waals surface area contributed by atoms with Gasteiger partial charge in [0, 0.05) is 21.5 Å². The van der Waals surface area contributed by atoms with E-state index in [1.807, 2.05) is 37.3 Å². The molecule has 0 spiro atoms. The van der Waals surface area contributed by atoms with E-state index in [0.29, 0.717) is 11.3 Å². The number of aromatic nitrogens is 2. The van der Waals surface area contributed by atoms with Gasteiger partial charge in [0.25, 0.3) is 5.89 Å². The molecular weight excluding hydrogens is 480 g/mol. The van der Waals surface area contributed by atoms with Gasteiger partial charge in [-0.15, -0.1) is 10.2 Å². The molecule has 0 radical (unpaired) electrons. The van der Waals surface area contributed by atoms with E-state index in [9.17, 15) is 0 Å². The van der Waals surface area contributed by atoms with E-state index in [4.69, 9.17) is 42.0 Å². The maximum atomic E-state index is 15.3. The van der Waals surface area contributed by atoms with E-state index in [2.05, 4.69) is 10.2 Å². The van der Waals surface area contributed by atoms with E-state index >= 15 is 4.39 Å². The van der Waals surface area contributed by atoms with Crippen LogP contribution in [0.4, 0.5) is 4.39 Å². The summed E-state index contributed by atoms with van der Waals surface area (Å²) >= 11 is 12.2. The second-order valence-electron chi connectivity index (χ2n) is 7.47. The van der Waals surface area contributed by atoms with Crippen LogP contribution in [-0.4, -0.2) is 10.2 Å². The Kier molecular flexibility index (Phi) is 5.70. The Balaban J connectivity index is 1.44. The summed E-state index contributed by atoms with van der Waals surface area (Å²) in [4.78, 5) is 0. The number of hydrogen-bond donors (Lipinski definition) is 0. The second-order valence-corrected chi connectivity index (χ2v) is 8.31. The predicted molar refractivity (Wildman–Crippen MR) is 125 cm³/mol. The van der Waals surface area contributed by atoms with Gasteiger partial charge >= 0.3 is 0 Å². The molecule has 9 heteroatoms. The molecule has 34 heavy (non-hydrogen) atoms. The van der Waals surface area contributed by atoms with Gasteiger partial charge in [-0.05, 0) is 37.3 Å². The maximum absolute atomic E-state index is 15.3. The molecule has 0 saturated carbocycles. The highest BCUT2D eigenvalue weighted by Gasteiger charge is 2.21. The van der Waals surface area contributed by atoms with Crippen LogP contribution in [0.1, 0.15) is 22.6 Å². The van der Waals surface area contributed by atoms with Crippen molar-refractivity contribution in [3.05, 3.63) is 93.0 Å². The lowest BCUT2D eigenvalue weighted by atomic mass is 10.1. The summed E-state index contributed by atoms with van der Waals surface area (Å²) in [5.41, 5.74) is 2.09. The molecule has 0 fully saturated rings. The van der Waals surface area contributed by atoms with Crippen molar-refractivity contribution >= 4 is 34.2 Å². The van der Waals surface area contributed by atoms with Crippen LogP contribution in [0.15, 0.2) is 63.4 Å². The second kappa shape index (κ2) is 8.82. The molecule has 0 N–H and O–H groups in total. The molecule has 0 amide bonds. The maximum Gasteiger partial charge on any atom is 0.283 e. The first-order valence-corrected chi connectivity index (χ1v) is 10.8. The largest absolute Gasteiger partial charge is 0.453 e. The first kappa shape index (κ1) is 22.0. The van der Waals surface area contributed by atoms with Crippen molar-refractivity contribution in [1.82, 2.24) is 10.2 Å². The first-order chi connectivity index (χ1) is 16.4. The van der Waals surface area contributed by atoms with Crippen molar-refractivity contribution in [2.24, 2.45) is 0 Å². The Morgan fingerprint density at radius 3 is 2.68 bits per heavy atom. The predicted octanol–water partition coefficient (Wildman–Crippen LogP) is 7.49. The number of nitrogens with zero attached hydrogens (tertiary/aromatic N) is 3. The Labute approximate surface area is 203 Å². The Morgan fingerprint density at radius 2 is 1.88 bits per heavy atom. The van der Waals surface area contributed by atoms with E-state index < -0.39 is 5.82 Å². The third-order valence-electron chi connectivity index (χ3n) is 5.20. The summed E-state index contributed by atoms with van der Waals surface area (Å²) in [6, 6.07) is 17.0. The summed E-state index contributed by atoms with van der Waals surface area (Å²) in [6.07, 6.45) is 0.00459. The zero-order valence-corrected chi connectivity index (χ0v) is 19.1. The molecule has 5 rings (SSSR count). The van der Waals surface area contributed by atoms with Crippen LogP contribution < -0.4 is 4.74 Å². The Morgan fingerprint density at radius 1 is 1.06 bits per heavy atom. The number of benzene rings is 3. The Hall–Kier alpha value is -3.86. The smallest absolute Gasteiger partial charge is 0.283 e. The average molecular weight is 494 g/mol. The molecule has 0 bridgehead atoms. The number of rotatable bonds is 5. The molecule has 168 valence electrons. The lowest BCUT2D eigenvalue weighted by Gasteiger charge is -2.11. The molecule has 6 nitrogen and oxygen atoms in total. The van der Waals surface area contributed by atoms with Crippen molar-refractivity contribution in [2.45, 2.75) is 13.3 Å². The fraction of sp³-hybridized carbons (Fsp3) is 0.0800. The minimum Gasteiger partial charge on any atom is -0.453 e. The van der Waals surface area contributed by atoms with Crippen molar-refractivity contribution < 1.29 is 18.0 Å². The summed E-state index contributed by atoms with van der Waals surface area (Å²) in [6.45, 7) is 1.90. The van der Waals surface area contributed by atoms with E-state index in [0.717, 1.165) is 10.9 Å². The van der Waals surface area contributed by atoms with E-state index in [1.165, 1.54) is 30.3 Å². The van der Waals surface area contributed by atoms with Gasteiger partial charge in [-0.3, -0.25) is 0 Å². The van der Waals surface area contributed by atoms with E-state index in [1.54, 1.807) is 0 Å². The number of halogens is 3. The zero-order chi connectivity index (χ0) is 23.8. The summed E-state index contributed by atoms with van der Waals surface area (Å²) in [5, 5.41) is 18.5. The first-order valence-electron chi connectivity index (χ1n) is 10.1. The Bertz CT molecular complexity index is 1590. The molecule has 3 aromatic carbocycles. The summed E-state index contributed by atoms with van der Waals surface area (Å²) in [5.74, 6) is 0.162. The van der Waals surface area contributed by atoms with Crippen molar-refractivity contribution in [2.75, 3.05) is 0 Å². The van der Waals surface area contributed by atoms with Gasteiger partial charge < -0.3 is 13.6 Å². The van der Waals surface area contributed by atoms with Gasteiger partial charge in [-0.1, -0.05) is 47.5 Å². The highest BCUT2D eigenvalue weighted by molar-refractivity contribution is 6.32. The van der Waals surface area contributed by atoms with Crippen molar-refractivity contribution in [3.8, 4) is 29.2 Å². The van der Waals surface area contributed by atoms with Gasteiger partial charge in [0.05, 0.1) is 23.1 Å². The number of ether oxygens (including phenoxy) is 1. The normalized spacial score (nSPS) is 11.0. The van der Waals surface area contributed by atoms with Crippen molar-refractivity contribution in [1.29, 1.82) is 5.26 Å². The molecule has 0 unspecified atom stereocenters. The molecule has 0 aliphatic rings. The minimum absolute atomic E-state index is 0.00459. The molecule has 5 aromatic rings.